The van der Waals surface area contributed by atoms with E-state index in [4.69, 9.17) is 9.72 Å². The third-order valence-corrected chi connectivity index (χ3v) is 7.18. The lowest BCUT2D eigenvalue weighted by Gasteiger charge is -2.38. The lowest BCUT2D eigenvalue weighted by molar-refractivity contribution is -0.139. The van der Waals surface area contributed by atoms with E-state index in [2.05, 4.69) is 18.8 Å². The lowest BCUT2D eigenvalue weighted by atomic mass is 9.97. The van der Waals surface area contributed by atoms with Crippen molar-refractivity contribution in [3.8, 4) is 5.75 Å². The van der Waals surface area contributed by atoms with Crippen molar-refractivity contribution in [1.82, 2.24) is 19.8 Å². The van der Waals surface area contributed by atoms with Crippen LogP contribution in [0, 0.1) is 0 Å². The molecule has 34 heavy (non-hydrogen) atoms. The van der Waals surface area contributed by atoms with Crippen LogP contribution >= 0.6 is 0 Å². The summed E-state index contributed by atoms with van der Waals surface area (Å²) in [7, 11) is 0. The number of hydrogen-bond acceptors (Lipinski definition) is 4. The average molecular weight is 461 g/mol. The highest BCUT2D eigenvalue weighted by molar-refractivity contribution is 5.94. The molecule has 0 radical (unpaired) electrons. The molecule has 3 heterocycles. The number of hydrogen-bond donors (Lipinski definition) is 1. The number of likely N-dealkylation sites (tertiary alicyclic amines) is 2. The van der Waals surface area contributed by atoms with Crippen LogP contribution in [-0.4, -0.2) is 56.8 Å². The number of fused-ring (bicyclic) bond motifs is 1. The standard InChI is InChI=1S/C27H32N4O3/c1-18-7-5-8-19(2)31(18)25(32)17-34-21-14-12-20(13-15-21)27(33)30-16-6-11-24(30)26-28-22-9-3-4-10-23(22)29-26/h3-4,9-10,12-15,18-19,24H,5-8,11,16-17H2,1-2H3,(H,28,29). The fourth-order valence-electron chi connectivity index (χ4n) is 5.42. The molecule has 2 amide bonds. The summed E-state index contributed by atoms with van der Waals surface area (Å²) in [4.78, 5) is 37.9. The Bertz CT molecular complexity index is 1130. The Balaban J connectivity index is 1.23. The van der Waals surface area contributed by atoms with Gasteiger partial charge in [-0.1, -0.05) is 12.1 Å². The van der Waals surface area contributed by atoms with E-state index in [1.807, 2.05) is 34.1 Å². The smallest absolute Gasteiger partial charge is 0.260 e. The molecule has 5 rings (SSSR count). The van der Waals surface area contributed by atoms with Gasteiger partial charge in [-0.2, -0.15) is 0 Å². The van der Waals surface area contributed by atoms with Crippen LogP contribution in [0.25, 0.3) is 11.0 Å². The van der Waals surface area contributed by atoms with Crippen LogP contribution in [0.5, 0.6) is 5.75 Å². The van der Waals surface area contributed by atoms with E-state index >= 15 is 0 Å². The van der Waals surface area contributed by atoms with Crippen LogP contribution in [0.1, 0.15) is 68.2 Å². The van der Waals surface area contributed by atoms with Crippen molar-refractivity contribution in [3.63, 3.8) is 0 Å². The number of amides is 2. The Morgan fingerprint density at radius 1 is 1.00 bits per heavy atom. The van der Waals surface area contributed by atoms with E-state index in [-0.39, 0.29) is 36.5 Å². The summed E-state index contributed by atoms with van der Waals surface area (Å²) < 4.78 is 5.77. The minimum Gasteiger partial charge on any atom is -0.484 e. The van der Waals surface area contributed by atoms with Crippen LogP contribution in [0.4, 0.5) is 0 Å². The molecule has 7 heteroatoms. The fourth-order valence-corrected chi connectivity index (χ4v) is 5.42. The largest absolute Gasteiger partial charge is 0.484 e. The van der Waals surface area contributed by atoms with Crippen molar-refractivity contribution in [2.24, 2.45) is 0 Å². The van der Waals surface area contributed by atoms with Gasteiger partial charge in [-0.3, -0.25) is 9.59 Å². The van der Waals surface area contributed by atoms with Gasteiger partial charge in [-0.05, 0) is 82.3 Å². The third kappa shape index (κ3) is 4.39. The average Bonchev–Trinajstić information content (AvgIpc) is 3.49. The quantitative estimate of drug-likeness (QED) is 0.598. The molecular weight excluding hydrogens is 428 g/mol. The molecule has 2 aromatic carbocycles. The van der Waals surface area contributed by atoms with Gasteiger partial charge in [0, 0.05) is 24.2 Å². The first-order valence-corrected chi connectivity index (χ1v) is 12.3. The van der Waals surface area contributed by atoms with Crippen LogP contribution in [0.15, 0.2) is 48.5 Å². The van der Waals surface area contributed by atoms with Crippen molar-refractivity contribution in [2.45, 2.75) is 64.1 Å². The zero-order chi connectivity index (χ0) is 23.7. The van der Waals surface area contributed by atoms with Gasteiger partial charge in [-0.25, -0.2) is 4.98 Å². The molecule has 0 aliphatic carbocycles. The summed E-state index contributed by atoms with van der Waals surface area (Å²) >= 11 is 0. The first-order valence-electron chi connectivity index (χ1n) is 12.3. The van der Waals surface area contributed by atoms with Gasteiger partial charge in [0.25, 0.3) is 11.8 Å². The molecule has 2 fully saturated rings. The van der Waals surface area contributed by atoms with E-state index in [0.717, 1.165) is 49.0 Å². The summed E-state index contributed by atoms with van der Waals surface area (Å²) in [5, 5.41) is 0. The van der Waals surface area contributed by atoms with E-state index in [1.165, 1.54) is 0 Å². The molecule has 1 aromatic heterocycles. The van der Waals surface area contributed by atoms with Crippen molar-refractivity contribution < 1.29 is 14.3 Å². The monoisotopic (exact) mass is 460 g/mol. The number of rotatable bonds is 5. The maximum absolute atomic E-state index is 13.3. The fraction of sp³-hybridized carbons (Fsp3) is 0.444. The molecule has 7 nitrogen and oxygen atoms in total. The Morgan fingerprint density at radius 3 is 2.47 bits per heavy atom. The van der Waals surface area contributed by atoms with Crippen molar-refractivity contribution in [2.75, 3.05) is 13.2 Å². The molecule has 2 saturated heterocycles. The number of para-hydroxylation sites is 2. The van der Waals surface area contributed by atoms with Gasteiger partial charge in [-0.15, -0.1) is 0 Å². The van der Waals surface area contributed by atoms with Gasteiger partial charge in [0.15, 0.2) is 6.61 Å². The van der Waals surface area contributed by atoms with Crippen LogP contribution in [-0.2, 0) is 4.79 Å². The number of aromatic amines is 1. The van der Waals surface area contributed by atoms with Gasteiger partial charge >= 0.3 is 0 Å². The number of imidazole rings is 1. The number of nitrogens with zero attached hydrogens (tertiary/aromatic N) is 3. The molecule has 3 aromatic rings. The van der Waals surface area contributed by atoms with E-state index in [1.54, 1.807) is 24.3 Å². The van der Waals surface area contributed by atoms with Gasteiger partial charge in [0.05, 0.1) is 17.1 Å². The first-order chi connectivity index (χ1) is 16.5. The minimum atomic E-state index is -0.0537. The summed E-state index contributed by atoms with van der Waals surface area (Å²) in [5.74, 6) is 1.44. The number of benzene rings is 2. The number of H-pyrrole nitrogens is 1. The lowest BCUT2D eigenvalue weighted by Crippen LogP contribution is -2.49. The third-order valence-electron chi connectivity index (χ3n) is 7.18. The van der Waals surface area contributed by atoms with Gasteiger partial charge < -0.3 is 19.5 Å². The van der Waals surface area contributed by atoms with Crippen molar-refractivity contribution in [1.29, 1.82) is 0 Å². The molecule has 2 aliphatic rings. The number of piperidine rings is 1. The number of carbonyl (C=O) groups is 2. The molecule has 0 spiro atoms. The zero-order valence-corrected chi connectivity index (χ0v) is 19.9. The predicted octanol–water partition coefficient (Wildman–Crippen LogP) is 4.71. The number of aromatic nitrogens is 2. The second kappa shape index (κ2) is 9.49. The Labute approximate surface area is 200 Å². The van der Waals surface area contributed by atoms with Gasteiger partial charge in [0.2, 0.25) is 0 Å². The first kappa shape index (κ1) is 22.4. The molecular formula is C27H32N4O3. The molecule has 3 unspecified atom stereocenters. The normalized spacial score (nSPS) is 22.8. The molecule has 3 atom stereocenters. The molecule has 178 valence electrons. The number of nitrogens with one attached hydrogen (secondary N) is 1. The van der Waals surface area contributed by atoms with Crippen LogP contribution in [0.3, 0.4) is 0 Å². The summed E-state index contributed by atoms with van der Waals surface area (Å²) in [5.41, 5.74) is 2.52. The highest BCUT2D eigenvalue weighted by atomic mass is 16.5. The topological polar surface area (TPSA) is 78.5 Å². The maximum atomic E-state index is 13.3. The van der Waals surface area contributed by atoms with E-state index in [0.29, 0.717) is 17.9 Å². The highest BCUT2D eigenvalue weighted by Crippen LogP contribution is 2.33. The minimum absolute atomic E-state index is 0.0125. The maximum Gasteiger partial charge on any atom is 0.260 e. The highest BCUT2D eigenvalue weighted by Gasteiger charge is 2.33. The Hall–Kier alpha value is -3.35. The molecule has 0 saturated carbocycles. The van der Waals surface area contributed by atoms with E-state index < -0.39 is 0 Å². The van der Waals surface area contributed by atoms with Crippen LogP contribution in [0.2, 0.25) is 0 Å². The molecule has 2 aliphatic heterocycles. The molecule has 0 bridgehead atoms. The second-order valence-electron chi connectivity index (χ2n) is 9.54. The second-order valence-corrected chi connectivity index (χ2v) is 9.54. The Kier molecular flexibility index (Phi) is 6.26. The zero-order valence-electron chi connectivity index (χ0n) is 19.9. The van der Waals surface area contributed by atoms with E-state index in [9.17, 15) is 9.59 Å². The van der Waals surface area contributed by atoms with Crippen molar-refractivity contribution in [3.05, 3.63) is 59.9 Å². The summed E-state index contributed by atoms with van der Waals surface area (Å²) in [6.07, 6.45) is 5.08. The van der Waals surface area contributed by atoms with Crippen LogP contribution < -0.4 is 4.74 Å². The predicted molar refractivity (Wildman–Crippen MR) is 131 cm³/mol. The van der Waals surface area contributed by atoms with Crippen molar-refractivity contribution >= 4 is 22.8 Å². The summed E-state index contributed by atoms with van der Waals surface area (Å²) in [6, 6.07) is 15.5. The molecule has 1 N–H and O–H groups in total. The summed E-state index contributed by atoms with van der Waals surface area (Å²) in [6.45, 7) is 4.93. The van der Waals surface area contributed by atoms with Gasteiger partial charge in [0.1, 0.15) is 11.6 Å². The SMILES string of the molecule is CC1CCCC(C)N1C(=O)COc1ccc(C(=O)N2CCCC2c2nc3ccccc3[nH]2)cc1. The Morgan fingerprint density at radius 2 is 1.74 bits per heavy atom. The number of carbonyl (C=O) groups excluding carboxylic acids is 2. The number of ether oxygens (including phenoxy) is 1.